The number of thiazole rings is 1. The fourth-order valence-electron chi connectivity index (χ4n) is 2.41. The Bertz CT molecular complexity index is 1030. The highest BCUT2D eigenvalue weighted by Gasteiger charge is 2.06. The van der Waals surface area contributed by atoms with Gasteiger partial charge in [-0.1, -0.05) is 41.6 Å². The number of hydrogen-bond acceptors (Lipinski definition) is 6. The first-order valence-electron chi connectivity index (χ1n) is 8.66. The highest BCUT2D eigenvalue weighted by molar-refractivity contribution is 7.22. The van der Waals surface area contributed by atoms with Gasteiger partial charge in [-0.2, -0.15) is 0 Å². The van der Waals surface area contributed by atoms with Crippen LogP contribution in [0.1, 0.15) is 12.5 Å². The fraction of sp³-hybridized carbons (Fsp3) is 0.190. The van der Waals surface area contributed by atoms with Crippen molar-refractivity contribution >= 4 is 56.2 Å². The molecule has 0 bridgehead atoms. The van der Waals surface area contributed by atoms with Crippen LogP contribution in [-0.4, -0.2) is 37.4 Å². The van der Waals surface area contributed by atoms with Crippen molar-refractivity contribution in [1.29, 1.82) is 0 Å². The standard InChI is InChI=1S/C21H20ClN3O2S/c1-14(2)20(26)27-11-10-25(3)17-7-4-15(5-8-17)13-23-21-24-18-9-6-16(22)12-19(18)28-21/h4-9,12-13H,1,10-11H2,2-3H3/b23-13+. The van der Waals surface area contributed by atoms with E-state index in [2.05, 4.69) is 16.6 Å². The maximum absolute atomic E-state index is 11.4. The predicted octanol–water partition coefficient (Wildman–Crippen LogP) is 5.26. The Balaban J connectivity index is 1.59. The van der Waals surface area contributed by atoms with E-state index in [4.69, 9.17) is 16.3 Å². The Morgan fingerprint density at radius 2 is 2.07 bits per heavy atom. The summed E-state index contributed by atoms with van der Waals surface area (Å²) in [5, 5.41) is 1.39. The van der Waals surface area contributed by atoms with Crippen molar-refractivity contribution < 1.29 is 9.53 Å². The first-order chi connectivity index (χ1) is 13.4. The van der Waals surface area contributed by atoms with Crippen LogP contribution in [0.2, 0.25) is 5.02 Å². The van der Waals surface area contributed by atoms with Gasteiger partial charge in [-0.15, -0.1) is 0 Å². The Morgan fingerprint density at radius 3 is 2.79 bits per heavy atom. The van der Waals surface area contributed by atoms with E-state index in [1.54, 1.807) is 13.1 Å². The number of benzene rings is 2. The number of aliphatic imine (C=N–C) groups is 1. The number of likely N-dealkylation sites (N-methyl/N-ethyl adjacent to an activating group) is 1. The summed E-state index contributed by atoms with van der Waals surface area (Å²) < 4.78 is 6.14. The van der Waals surface area contributed by atoms with E-state index >= 15 is 0 Å². The SMILES string of the molecule is C=C(C)C(=O)OCCN(C)c1ccc(/C=N/c2nc3ccc(Cl)cc3s2)cc1. The maximum Gasteiger partial charge on any atom is 0.333 e. The summed E-state index contributed by atoms with van der Waals surface area (Å²) in [4.78, 5) is 22.4. The lowest BCUT2D eigenvalue weighted by Crippen LogP contribution is -2.24. The van der Waals surface area contributed by atoms with Gasteiger partial charge < -0.3 is 9.64 Å². The van der Waals surface area contributed by atoms with Crippen molar-refractivity contribution in [2.75, 3.05) is 25.1 Å². The normalized spacial score (nSPS) is 11.1. The lowest BCUT2D eigenvalue weighted by atomic mass is 10.2. The number of nitrogens with zero attached hydrogens (tertiary/aromatic N) is 3. The molecule has 28 heavy (non-hydrogen) atoms. The van der Waals surface area contributed by atoms with Crippen LogP contribution in [0, 0.1) is 0 Å². The van der Waals surface area contributed by atoms with Crippen LogP contribution in [-0.2, 0) is 9.53 Å². The van der Waals surface area contributed by atoms with Crippen molar-refractivity contribution in [3.63, 3.8) is 0 Å². The maximum atomic E-state index is 11.4. The molecular weight excluding hydrogens is 394 g/mol. The second kappa shape index (κ2) is 8.99. The number of carbonyl (C=O) groups excluding carboxylic acids is 1. The van der Waals surface area contributed by atoms with E-state index < -0.39 is 0 Å². The molecule has 7 heteroatoms. The molecule has 3 aromatic rings. The molecule has 2 aromatic carbocycles. The molecule has 0 N–H and O–H groups in total. The molecule has 0 unspecified atom stereocenters. The highest BCUT2D eigenvalue weighted by atomic mass is 35.5. The highest BCUT2D eigenvalue weighted by Crippen LogP contribution is 2.30. The quantitative estimate of drug-likeness (QED) is 0.301. The number of halogens is 1. The first-order valence-corrected chi connectivity index (χ1v) is 9.86. The van der Waals surface area contributed by atoms with Crippen LogP contribution >= 0.6 is 22.9 Å². The number of fused-ring (bicyclic) bond motifs is 1. The average Bonchev–Trinajstić information content (AvgIpc) is 3.08. The van der Waals surface area contributed by atoms with Crippen molar-refractivity contribution in [2.24, 2.45) is 4.99 Å². The van der Waals surface area contributed by atoms with E-state index in [0.717, 1.165) is 21.5 Å². The van der Waals surface area contributed by atoms with Gasteiger partial charge in [0.1, 0.15) is 6.61 Å². The molecule has 0 radical (unpaired) electrons. The molecule has 0 amide bonds. The van der Waals surface area contributed by atoms with E-state index in [1.165, 1.54) is 11.3 Å². The van der Waals surface area contributed by atoms with Crippen LogP contribution in [0.15, 0.2) is 59.6 Å². The summed E-state index contributed by atoms with van der Waals surface area (Å²) in [5.74, 6) is -0.364. The van der Waals surface area contributed by atoms with Crippen LogP contribution < -0.4 is 4.90 Å². The van der Waals surface area contributed by atoms with E-state index in [-0.39, 0.29) is 5.97 Å². The zero-order chi connectivity index (χ0) is 20.1. The minimum absolute atomic E-state index is 0.313. The molecule has 0 saturated heterocycles. The molecule has 1 aromatic heterocycles. The second-order valence-corrected chi connectivity index (χ2v) is 7.74. The van der Waals surface area contributed by atoms with Crippen molar-refractivity contribution in [3.8, 4) is 0 Å². The van der Waals surface area contributed by atoms with Crippen molar-refractivity contribution in [2.45, 2.75) is 6.92 Å². The molecule has 0 aliphatic carbocycles. The van der Waals surface area contributed by atoms with Crippen LogP contribution in [0.3, 0.4) is 0 Å². The van der Waals surface area contributed by atoms with E-state index in [1.807, 2.05) is 54.4 Å². The average molecular weight is 414 g/mol. The van der Waals surface area contributed by atoms with Crippen LogP contribution in [0.4, 0.5) is 10.8 Å². The molecule has 144 valence electrons. The summed E-state index contributed by atoms with van der Waals surface area (Å²) in [5.41, 5.74) is 3.30. The predicted molar refractivity (Wildman–Crippen MR) is 117 cm³/mol. The zero-order valence-corrected chi connectivity index (χ0v) is 17.3. The van der Waals surface area contributed by atoms with Gasteiger partial charge in [-0.05, 0) is 42.8 Å². The van der Waals surface area contributed by atoms with Gasteiger partial charge in [0.15, 0.2) is 0 Å². The minimum Gasteiger partial charge on any atom is -0.460 e. The lowest BCUT2D eigenvalue weighted by molar-refractivity contribution is -0.138. The Kier molecular flexibility index (Phi) is 6.44. The van der Waals surface area contributed by atoms with Gasteiger partial charge in [0.25, 0.3) is 0 Å². The molecule has 0 aliphatic rings. The number of anilines is 1. The topological polar surface area (TPSA) is 54.8 Å². The number of ether oxygens (including phenoxy) is 1. The fourth-order valence-corrected chi connectivity index (χ4v) is 3.50. The number of esters is 1. The summed E-state index contributed by atoms with van der Waals surface area (Å²) >= 11 is 7.51. The third-order valence-electron chi connectivity index (χ3n) is 4.01. The van der Waals surface area contributed by atoms with E-state index in [0.29, 0.717) is 28.9 Å². The number of aromatic nitrogens is 1. The third kappa shape index (κ3) is 5.18. The largest absolute Gasteiger partial charge is 0.460 e. The van der Waals surface area contributed by atoms with Gasteiger partial charge in [0.2, 0.25) is 5.13 Å². The molecule has 0 spiro atoms. The van der Waals surface area contributed by atoms with Crippen molar-refractivity contribution in [1.82, 2.24) is 4.98 Å². The van der Waals surface area contributed by atoms with Gasteiger partial charge >= 0.3 is 5.97 Å². The molecular formula is C21H20ClN3O2S. The van der Waals surface area contributed by atoms with E-state index in [9.17, 15) is 4.79 Å². The minimum atomic E-state index is -0.364. The first kappa shape index (κ1) is 20.0. The van der Waals surface area contributed by atoms with Crippen LogP contribution in [0.5, 0.6) is 0 Å². The summed E-state index contributed by atoms with van der Waals surface area (Å²) in [7, 11) is 1.95. The number of carbonyl (C=O) groups is 1. The molecule has 0 atom stereocenters. The van der Waals surface area contributed by atoms with Gasteiger partial charge in [0, 0.05) is 29.5 Å². The Morgan fingerprint density at radius 1 is 1.32 bits per heavy atom. The third-order valence-corrected chi connectivity index (χ3v) is 5.17. The lowest BCUT2D eigenvalue weighted by Gasteiger charge is -2.19. The molecule has 3 rings (SSSR count). The van der Waals surface area contributed by atoms with Crippen molar-refractivity contribution in [3.05, 3.63) is 65.2 Å². The number of hydrogen-bond donors (Lipinski definition) is 0. The molecule has 0 aliphatic heterocycles. The summed E-state index contributed by atoms with van der Waals surface area (Å²) in [6.45, 7) is 6.11. The van der Waals surface area contributed by atoms with Gasteiger partial charge in [-0.25, -0.2) is 14.8 Å². The molecule has 0 fully saturated rings. The van der Waals surface area contributed by atoms with Gasteiger partial charge in [0.05, 0.1) is 16.8 Å². The van der Waals surface area contributed by atoms with Gasteiger partial charge in [-0.3, -0.25) is 0 Å². The summed E-state index contributed by atoms with van der Waals surface area (Å²) in [6.07, 6.45) is 1.79. The molecule has 0 saturated carbocycles. The van der Waals surface area contributed by atoms with Crippen LogP contribution in [0.25, 0.3) is 10.2 Å². The Hall–Kier alpha value is -2.70. The molecule has 1 heterocycles. The Labute approximate surface area is 172 Å². The number of rotatable bonds is 7. The molecule has 5 nitrogen and oxygen atoms in total. The zero-order valence-electron chi connectivity index (χ0n) is 15.7. The smallest absolute Gasteiger partial charge is 0.333 e. The summed E-state index contributed by atoms with van der Waals surface area (Å²) in [6, 6.07) is 13.6. The second-order valence-electron chi connectivity index (χ2n) is 6.30. The monoisotopic (exact) mass is 413 g/mol.